The van der Waals surface area contributed by atoms with Crippen LogP contribution in [0.4, 0.5) is 0 Å². The third-order valence-corrected chi connectivity index (χ3v) is 8.35. The van der Waals surface area contributed by atoms with Crippen LogP contribution >= 0.6 is 11.3 Å². The smallest absolute Gasteiger partial charge is 0.243 e. The molecule has 31 heavy (non-hydrogen) atoms. The molecule has 0 radical (unpaired) electrons. The Morgan fingerprint density at radius 1 is 1.13 bits per heavy atom. The van der Waals surface area contributed by atoms with Crippen LogP contribution in [0.3, 0.4) is 0 Å². The van der Waals surface area contributed by atoms with Crippen LogP contribution in [0.15, 0.2) is 40.6 Å². The van der Waals surface area contributed by atoms with Crippen molar-refractivity contribution in [3.63, 3.8) is 0 Å². The molecule has 3 heterocycles. The Kier molecular flexibility index (Phi) is 6.80. The molecule has 2 aliphatic heterocycles. The van der Waals surface area contributed by atoms with Crippen LogP contribution in [-0.2, 0) is 21.4 Å². The van der Waals surface area contributed by atoms with Gasteiger partial charge in [0.25, 0.3) is 0 Å². The molecule has 1 fully saturated rings. The van der Waals surface area contributed by atoms with Gasteiger partial charge in [0.15, 0.2) is 11.5 Å². The van der Waals surface area contributed by atoms with Gasteiger partial charge in [0.05, 0.1) is 30.7 Å². The Balaban J connectivity index is 1.35. The Bertz CT molecular complexity index is 1000. The third-order valence-electron chi connectivity index (χ3n) is 5.57. The van der Waals surface area contributed by atoms with E-state index in [-0.39, 0.29) is 16.8 Å². The highest BCUT2D eigenvalue weighted by Gasteiger charge is 2.32. The number of carbonyl (C=O) groups excluding carboxylic acids is 1. The molecule has 1 N–H and O–H groups in total. The van der Waals surface area contributed by atoms with Crippen LogP contribution in [0, 0.1) is 0 Å². The molecule has 1 amide bonds. The maximum absolute atomic E-state index is 13.1. The number of rotatable bonds is 6. The van der Waals surface area contributed by atoms with E-state index >= 15 is 0 Å². The van der Waals surface area contributed by atoms with Gasteiger partial charge in [-0.2, -0.15) is 4.31 Å². The molecule has 0 saturated carbocycles. The van der Waals surface area contributed by atoms with Crippen molar-refractivity contribution >= 4 is 27.3 Å². The fourth-order valence-electron chi connectivity index (χ4n) is 3.69. The van der Waals surface area contributed by atoms with Crippen molar-refractivity contribution in [2.24, 2.45) is 0 Å². The number of hydrogen-bond donors (Lipinski definition) is 1. The summed E-state index contributed by atoms with van der Waals surface area (Å²) in [6.45, 7) is 5.09. The summed E-state index contributed by atoms with van der Waals surface area (Å²) in [5.74, 6) is 0.990. The molecule has 168 valence electrons. The summed E-state index contributed by atoms with van der Waals surface area (Å²) in [5.41, 5.74) is 0. The molecule has 1 aromatic carbocycles. The fourth-order valence-corrected chi connectivity index (χ4v) is 5.77. The first-order valence-electron chi connectivity index (χ1n) is 10.4. The van der Waals surface area contributed by atoms with Crippen molar-refractivity contribution in [2.45, 2.75) is 30.8 Å². The topological polar surface area (TPSA) is 88.2 Å². The lowest BCUT2D eigenvalue weighted by Crippen LogP contribution is -2.54. The zero-order chi connectivity index (χ0) is 21.8. The summed E-state index contributed by atoms with van der Waals surface area (Å²) in [5, 5.41) is 4.94. The maximum atomic E-state index is 13.1. The van der Waals surface area contributed by atoms with E-state index in [2.05, 4.69) is 5.32 Å². The highest BCUT2D eigenvalue weighted by atomic mass is 32.2. The van der Waals surface area contributed by atoms with E-state index in [1.54, 1.807) is 29.5 Å². The van der Waals surface area contributed by atoms with Gasteiger partial charge in [-0.15, -0.1) is 11.3 Å². The van der Waals surface area contributed by atoms with Crippen LogP contribution in [-0.4, -0.2) is 69.0 Å². The number of sulfonamides is 1. The van der Waals surface area contributed by atoms with Gasteiger partial charge in [-0.25, -0.2) is 8.42 Å². The normalized spacial score (nSPS) is 18.9. The van der Waals surface area contributed by atoms with E-state index in [0.29, 0.717) is 57.4 Å². The van der Waals surface area contributed by atoms with Crippen LogP contribution in [0.5, 0.6) is 11.5 Å². The summed E-state index contributed by atoms with van der Waals surface area (Å²) in [6.07, 6.45) is 0.762. The van der Waals surface area contributed by atoms with Gasteiger partial charge in [-0.1, -0.05) is 6.07 Å². The highest BCUT2D eigenvalue weighted by molar-refractivity contribution is 7.89. The molecule has 1 atom stereocenters. The monoisotopic (exact) mass is 465 g/mol. The summed E-state index contributed by atoms with van der Waals surface area (Å²) in [4.78, 5) is 15.8. The predicted octanol–water partition coefficient (Wildman–Crippen LogP) is 1.92. The lowest BCUT2D eigenvalue weighted by molar-refractivity contribution is -0.126. The highest BCUT2D eigenvalue weighted by Crippen LogP contribution is 2.33. The minimum atomic E-state index is -3.64. The van der Waals surface area contributed by atoms with Crippen molar-refractivity contribution in [3.8, 4) is 11.5 Å². The molecule has 0 unspecified atom stereocenters. The molecule has 2 aromatic rings. The molecule has 0 bridgehead atoms. The molecular weight excluding hydrogens is 438 g/mol. The van der Waals surface area contributed by atoms with Gasteiger partial charge in [0.2, 0.25) is 15.9 Å². The zero-order valence-electron chi connectivity index (χ0n) is 17.5. The average molecular weight is 466 g/mol. The number of nitrogens with one attached hydrogen (secondary N) is 1. The molecule has 0 aliphatic carbocycles. The van der Waals surface area contributed by atoms with E-state index in [4.69, 9.17) is 9.47 Å². The molecule has 8 nitrogen and oxygen atoms in total. The number of piperazine rings is 1. The van der Waals surface area contributed by atoms with Gasteiger partial charge in [0.1, 0.15) is 0 Å². The minimum Gasteiger partial charge on any atom is -0.490 e. The van der Waals surface area contributed by atoms with Crippen molar-refractivity contribution in [1.29, 1.82) is 0 Å². The second kappa shape index (κ2) is 9.56. The minimum absolute atomic E-state index is 0.0485. The Hall–Kier alpha value is -2.14. The van der Waals surface area contributed by atoms with E-state index in [0.717, 1.165) is 11.3 Å². The number of fused-ring (bicyclic) bond motifs is 1. The molecule has 10 heteroatoms. The molecule has 4 rings (SSSR count). The van der Waals surface area contributed by atoms with Crippen molar-refractivity contribution < 1.29 is 22.7 Å². The standard InChI is InChI=1S/C21H27N3O5S2/c1-16(21(25)22-15-17-4-2-13-30-17)23-7-9-24(10-8-23)31(26,27)18-5-6-19-20(14-18)29-12-3-11-28-19/h2,4-6,13-14,16H,3,7-12,15H2,1H3,(H,22,25)/t16-/m1/s1. The third kappa shape index (κ3) is 5.03. The largest absolute Gasteiger partial charge is 0.490 e. The first-order chi connectivity index (χ1) is 14.9. The number of thiophene rings is 1. The summed E-state index contributed by atoms with van der Waals surface area (Å²) >= 11 is 1.60. The Labute approximate surface area is 186 Å². The molecular formula is C21H27N3O5S2. The van der Waals surface area contributed by atoms with Gasteiger partial charge in [-0.3, -0.25) is 9.69 Å². The van der Waals surface area contributed by atoms with Gasteiger partial charge < -0.3 is 14.8 Å². The average Bonchev–Trinajstić information content (AvgIpc) is 3.20. The summed E-state index contributed by atoms with van der Waals surface area (Å²) in [7, 11) is -3.64. The zero-order valence-corrected chi connectivity index (χ0v) is 19.1. The van der Waals surface area contributed by atoms with Crippen molar-refractivity contribution in [3.05, 3.63) is 40.6 Å². The van der Waals surface area contributed by atoms with Gasteiger partial charge >= 0.3 is 0 Å². The Morgan fingerprint density at radius 3 is 2.58 bits per heavy atom. The Morgan fingerprint density at radius 2 is 1.87 bits per heavy atom. The second-order valence-corrected chi connectivity index (χ2v) is 10.5. The lowest BCUT2D eigenvalue weighted by atomic mass is 10.2. The van der Waals surface area contributed by atoms with Crippen LogP contribution in [0.1, 0.15) is 18.2 Å². The maximum Gasteiger partial charge on any atom is 0.243 e. The molecule has 2 aliphatic rings. The quantitative estimate of drug-likeness (QED) is 0.701. The van der Waals surface area contributed by atoms with Gasteiger partial charge in [-0.05, 0) is 30.5 Å². The second-order valence-electron chi connectivity index (χ2n) is 7.57. The SMILES string of the molecule is C[C@H](C(=O)NCc1cccs1)N1CCN(S(=O)(=O)c2ccc3c(c2)OCCCO3)CC1. The van der Waals surface area contributed by atoms with E-state index < -0.39 is 10.0 Å². The number of benzene rings is 1. The number of carbonyl (C=O) groups is 1. The number of ether oxygens (including phenoxy) is 2. The van der Waals surface area contributed by atoms with Crippen LogP contribution in [0.25, 0.3) is 0 Å². The van der Waals surface area contributed by atoms with E-state index in [1.807, 2.05) is 29.3 Å². The number of nitrogens with zero attached hydrogens (tertiary/aromatic N) is 2. The molecule has 0 spiro atoms. The lowest BCUT2D eigenvalue weighted by Gasteiger charge is -2.36. The first-order valence-corrected chi connectivity index (χ1v) is 12.7. The number of amides is 1. The van der Waals surface area contributed by atoms with E-state index in [9.17, 15) is 13.2 Å². The first kappa shape index (κ1) is 22.1. The van der Waals surface area contributed by atoms with Crippen molar-refractivity contribution in [1.82, 2.24) is 14.5 Å². The van der Waals surface area contributed by atoms with Gasteiger partial charge in [0, 0.05) is 43.5 Å². The summed E-state index contributed by atoms with van der Waals surface area (Å²) < 4.78 is 39.0. The van der Waals surface area contributed by atoms with Crippen LogP contribution in [0.2, 0.25) is 0 Å². The fraction of sp³-hybridized carbons (Fsp3) is 0.476. The molecule has 1 saturated heterocycles. The van der Waals surface area contributed by atoms with Crippen LogP contribution < -0.4 is 14.8 Å². The van der Waals surface area contributed by atoms with Crippen molar-refractivity contribution in [2.75, 3.05) is 39.4 Å². The van der Waals surface area contributed by atoms with E-state index in [1.165, 1.54) is 4.31 Å². The summed E-state index contributed by atoms with van der Waals surface area (Å²) in [6, 6.07) is 8.39. The predicted molar refractivity (Wildman–Crippen MR) is 118 cm³/mol. The number of hydrogen-bond acceptors (Lipinski definition) is 7. The molecule has 1 aromatic heterocycles.